The molecule has 0 radical (unpaired) electrons. The molecule has 136 valence electrons. The number of ether oxygens (including phenoxy) is 3. The van der Waals surface area contributed by atoms with Crippen molar-refractivity contribution in [3.63, 3.8) is 0 Å². The van der Waals surface area contributed by atoms with E-state index in [2.05, 4.69) is 0 Å². The number of nitrogens with zero attached hydrogens (tertiary/aromatic N) is 1. The molecule has 1 amide bonds. The topological polar surface area (TPSA) is 85.3 Å². The van der Waals surface area contributed by atoms with E-state index in [1.54, 1.807) is 4.90 Å². The zero-order chi connectivity index (χ0) is 17.8. The molecule has 2 aliphatic rings. The molecule has 25 heavy (non-hydrogen) atoms. The molecule has 0 spiro atoms. The molecular weight excluding hydrogens is 326 g/mol. The van der Waals surface area contributed by atoms with Crippen molar-refractivity contribution in [2.45, 2.75) is 25.9 Å². The average molecular weight is 349 g/mol. The van der Waals surface area contributed by atoms with Crippen molar-refractivity contribution < 1.29 is 28.9 Å². The van der Waals surface area contributed by atoms with Gasteiger partial charge in [-0.05, 0) is 37.1 Å². The summed E-state index contributed by atoms with van der Waals surface area (Å²) in [5, 5.41) is 8.90. The van der Waals surface area contributed by atoms with Crippen LogP contribution in [0.15, 0.2) is 18.2 Å². The van der Waals surface area contributed by atoms with Gasteiger partial charge in [-0.15, -0.1) is 0 Å². The van der Waals surface area contributed by atoms with E-state index in [0.717, 1.165) is 17.1 Å². The summed E-state index contributed by atoms with van der Waals surface area (Å²) in [7, 11) is 0. The molecule has 3 rings (SSSR count). The maximum absolute atomic E-state index is 12.8. The highest BCUT2D eigenvalue weighted by Gasteiger charge is 2.33. The number of morpholine rings is 1. The van der Waals surface area contributed by atoms with Crippen LogP contribution in [0.25, 0.3) is 0 Å². The van der Waals surface area contributed by atoms with Gasteiger partial charge in [-0.1, -0.05) is 0 Å². The molecule has 1 saturated heterocycles. The van der Waals surface area contributed by atoms with E-state index in [4.69, 9.17) is 19.3 Å². The zero-order valence-corrected chi connectivity index (χ0v) is 14.3. The average Bonchev–Trinajstić information content (AvgIpc) is 2.60. The smallest absolute Gasteiger partial charge is 0.306 e. The number of rotatable bonds is 5. The van der Waals surface area contributed by atoms with Crippen molar-refractivity contribution in [3.05, 3.63) is 23.8 Å². The molecule has 1 aromatic carbocycles. The van der Waals surface area contributed by atoms with Gasteiger partial charge in [-0.2, -0.15) is 0 Å². The fourth-order valence-electron chi connectivity index (χ4n) is 3.28. The Morgan fingerprint density at radius 2 is 2.24 bits per heavy atom. The third kappa shape index (κ3) is 4.22. The normalized spacial score (nSPS) is 22.7. The second-order valence-electron chi connectivity index (χ2n) is 6.29. The lowest BCUT2D eigenvalue weighted by Gasteiger charge is -2.35. The molecule has 2 aliphatic heterocycles. The molecule has 0 unspecified atom stereocenters. The van der Waals surface area contributed by atoms with Crippen LogP contribution in [0.3, 0.4) is 0 Å². The minimum atomic E-state index is -0.919. The van der Waals surface area contributed by atoms with Gasteiger partial charge in [0, 0.05) is 13.1 Å². The van der Waals surface area contributed by atoms with E-state index in [-0.39, 0.29) is 18.2 Å². The second-order valence-corrected chi connectivity index (χ2v) is 6.29. The van der Waals surface area contributed by atoms with E-state index in [9.17, 15) is 9.59 Å². The van der Waals surface area contributed by atoms with Crippen molar-refractivity contribution in [1.82, 2.24) is 4.90 Å². The van der Waals surface area contributed by atoms with Crippen LogP contribution in [-0.2, 0) is 20.7 Å². The van der Waals surface area contributed by atoms with Gasteiger partial charge in [0.05, 0.1) is 31.7 Å². The molecule has 1 aromatic rings. The van der Waals surface area contributed by atoms with Crippen molar-refractivity contribution in [2.75, 3.05) is 32.9 Å². The fraction of sp³-hybridized carbons (Fsp3) is 0.556. The highest BCUT2D eigenvalue weighted by Crippen LogP contribution is 2.31. The van der Waals surface area contributed by atoms with Gasteiger partial charge < -0.3 is 24.2 Å². The Hall–Kier alpha value is -2.28. The van der Waals surface area contributed by atoms with E-state index in [0.29, 0.717) is 39.3 Å². The number of carbonyl (C=O) groups is 2. The second kappa shape index (κ2) is 7.74. The lowest BCUT2D eigenvalue weighted by molar-refractivity contribution is -0.150. The van der Waals surface area contributed by atoms with Gasteiger partial charge in [0.25, 0.3) is 0 Å². The van der Waals surface area contributed by atoms with Gasteiger partial charge in [0.15, 0.2) is 0 Å². The van der Waals surface area contributed by atoms with Crippen LogP contribution in [0.4, 0.5) is 0 Å². The SMILES string of the molecule is CCOc1ccc2c(c1)C[C@@H](C(=O)N1CCO[C@H](CC(=O)O)C1)CO2. The van der Waals surface area contributed by atoms with E-state index in [1.807, 2.05) is 25.1 Å². The minimum Gasteiger partial charge on any atom is -0.494 e. The standard InChI is InChI=1S/C18H23NO6/c1-2-23-14-3-4-16-12(8-14)7-13(11-25-16)18(22)19-5-6-24-15(10-19)9-17(20)21/h3-4,8,13,15H,2,5-7,9-11H2,1H3,(H,20,21)/t13-,15-/m1/s1. The molecule has 7 heteroatoms. The number of hydrogen-bond donors (Lipinski definition) is 1. The summed E-state index contributed by atoms with van der Waals surface area (Å²) in [6.07, 6.45) is 0.0539. The molecule has 2 heterocycles. The Bertz CT molecular complexity index is 646. The summed E-state index contributed by atoms with van der Waals surface area (Å²) in [6.45, 7) is 4.00. The molecule has 7 nitrogen and oxygen atoms in total. The summed E-state index contributed by atoms with van der Waals surface area (Å²) in [5.74, 6) is 0.362. The van der Waals surface area contributed by atoms with Crippen molar-refractivity contribution >= 4 is 11.9 Å². The summed E-state index contributed by atoms with van der Waals surface area (Å²) in [5.41, 5.74) is 0.964. The Labute approximate surface area is 146 Å². The molecule has 1 fully saturated rings. The molecule has 0 saturated carbocycles. The predicted octanol–water partition coefficient (Wildman–Crippen LogP) is 1.34. The maximum Gasteiger partial charge on any atom is 0.306 e. The lowest BCUT2D eigenvalue weighted by atomic mass is 9.95. The summed E-state index contributed by atoms with van der Waals surface area (Å²) in [6, 6.07) is 5.66. The number of carboxylic acids is 1. The lowest BCUT2D eigenvalue weighted by Crippen LogP contribution is -2.50. The van der Waals surface area contributed by atoms with Crippen LogP contribution in [0.2, 0.25) is 0 Å². The summed E-state index contributed by atoms with van der Waals surface area (Å²) in [4.78, 5) is 25.4. The Morgan fingerprint density at radius 1 is 1.40 bits per heavy atom. The number of amides is 1. The highest BCUT2D eigenvalue weighted by molar-refractivity contribution is 5.80. The van der Waals surface area contributed by atoms with Crippen LogP contribution >= 0.6 is 0 Å². The molecule has 2 atom stereocenters. The van der Waals surface area contributed by atoms with Crippen LogP contribution in [-0.4, -0.2) is 60.9 Å². The van der Waals surface area contributed by atoms with E-state index < -0.39 is 12.1 Å². The first-order chi connectivity index (χ1) is 12.1. The number of hydrogen-bond acceptors (Lipinski definition) is 5. The van der Waals surface area contributed by atoms with Crippen LogP contribution in [0, 0.1) is 5.92 Å². The number of benzene rings is 1. The molecule has 1 N–H and O–H groups in total. The monoisotopic (exact) mass is 349 g/mol. The molecule has 0 bridgehead atoms. The number of aliphatic carboxylic acids is 1. The quantitative estimate of drug-likeness (QED) is 0.863. The van der Waals surface area contributed by atoms with Gasteiger partial charge in [0.1, 0.15) is 18.1 Å². The Kier molecular flexibility index (Phi) is 5.43. The number of fused-ring (bicyclic) bond motifs is 1. The van der Waals surface area contributed by atoms with Crippen molar-refractivity contribution in [2.24, 2.45) is 5.92 Å². The van der Waals surface area contributed by atoms with Crippen molar-refractivity contribution in [3.8, 4) is 11.5 Å². The summed E-state index contributed by atoms with van der Waals surface area (Å²) >= 11 is 0. The first-order valence-electron chi connectivity index (χ1n) is 8.57. The van der Waals surface area contributed by atoms with Crippen LogP contribution < -0.4 is 9.47 Å². The molecular formula is C18H23NO6. The number of carboxylic acid groups (broad SMARTS) is 1. The fourth-order valence-corrected chi connectivity index (χ4v) is 3.28. The minimum absolute atomic E-state index is 0.00819. The van der Waals surface area contributed by atoms with Gasteiger partial charge in [-0.25, -0.2) is 0 Å². The first-order valence-corrected chi connectivity index (χ1v) is 8.57. The van der Waals surface area contributed by atoms with E-state index in [1.165, 1.54) is 0 Å². The van der Waals surface area contributed by atoms with Gasteiger partial charge >= 0.3 is 5.97 Å². The maximum atomic E-state index is 12.8. The highest BCUT2D eigenvalue weighted by atomic mass is 16.5. The summed E-state index contributed by atoms with van der Waals surface area (Å²) < 4.78 is 16.7. The Morgan fingerprint density at radius 3 is 3.00 bits per heavy atom. The first kappa shape index (κ1) is 17.5. The largest absolute Gasteiger partial charge is 0.494 e. The zero-order valence-electron chi connectivity index (χ0n) is 14.3. The third-order valence-electron chi connectivity index (χ3n) is 4.45. The molecule has 0 aromatic heterocycles. The predicted molar refractivity (Wildman–Crippen MR) is 88.9 cm³/mol. The number of carbonyl (C=O) groups excluding carboxylic acids is 1. The van der Waals surface area contributed by atoms with Gasteiger partial charge in [0.2, 0.25) is 5.91 Å². The van der Waals surface area contributed by atoms with Crippen LogP contribution in [0.5, 0.6) is 11.5 Å². The Balaban J connectivity index is 1.65. The third-order valence-corrected chi connectivity index (χ3v) is 4.45. The van der Waals surface area contributed by atoms with Crippen LogP contribution in [0.1, 0.15) is 18.9 Å². The van der Waals surface area contributed by atoms with Gasteiger partial charge in [-0.3, -0.25) is 9.59 Å². The van der Waals surface area contributed by atoms with E-state index >= 15 is 0 Å². The van der Waals surface area contributed by atoms with Crippen molar-refractivity contribution in [1.29, 1.82) is 0 Å². The molecule has 0 aliphatic carbocycles.